The lowest BCUT2D eigenvalue weighted by Crippen LogP contribution is -2.42. The second-order valence-corrected chi connectivity index (χ2v) is 6.80. The van der Waals surface area contributed by atoms with Crippen molar-refractivity contribution in [1.82, 2.24) is 5.32 Å². The van der Waals surface area contributed by atoms with E-state index in [9.17, 15) is 10.2 Å². The summed E-state index contributed by atoms with van der Waals surface area (Å²) in [5, 5.41) is 22.9. The van der Waals surface area contributed by atoms with Crippen LogP contribution in [0.3, 0.4) is 0 Å². The van der Waals surface area contributed by atoms with Crippen molar-refractivity contribution in [3.05, 3.63) is 0 Å². The summed E-state index contributed by atoms with van der Waals surface area (Å²) in [5.74, 6) is 0.455. The monoisotopic (exact) mass is 261 g/mol. The van der Waals surface area contributed by atoms with E-state index in [0.717, 1.165) is 6.42 Å². The number of hydrogen-bond acceptors (Lipinski definition) is 4. The van der Waals surface area contributed by atoms with Crippen LogP contribution in [-0.2, 0) is 4.74 Å². The molecule has 0 radical (unpaired) electrons. The molecule has 2 unspecified atom stereocenters. The van der Waals surface area contributed by atoms with Gasteiger partial charge in [0.05, 0.1) is 23.9 Å². The van der Waals surface area contributed by atoms with Gasteiger partial charge in [0.1, 0.15) is 0 Å². The summed E-state index contributed by atoms with van der Waals surface area (Å²) < 4.78 is 5.49. The molecule has 0 aromatic rings. The Bertz CT molecular complexity index is 222. The predicted molar refractivity (Wildman–Crippen MR) is 74.7 cm³/mol. The molecule has 0 bridgehead atoms. The SMILES string of the molecule is CC(C)CC(C)(O)CNCC(O)COC(C)(C)C. The van der Waals surface area contributed by atoms with E-state index >= 15 is 0 Å². The first kappa shape index (κ1) is 17.8. The highest BCUT2D eigenvalue weighted by molar-refractivity contribution is 4.77. The fourth-order valence-corrected chi connectivity index (χ4v) is 1.86. The van der Waals surface area contributed by atoms with Gasteiger partial charge in [0.25, 0.3) is 0 Å². The summed E-state index contributed by atoms with van der Waals surface area (Å²) in [6, 6.07) is 0. The van der Waals surface area contributed by atoms with Crippen molar-refractivity contribution < 1.29 is 14.9 Å². The van der Waals surface area contributed by atoms with E-state index in [4.69, 9.17) is 4.74 Å². The molecule has 110 valence electrons. The van der Waals surface area contributed by atoms with Crippen LogP contribution in [-0.4, -0.2) is 47.2 Å². The Morgan fingerprint density at radius 2 is 1.72 bits per heavy atom. The molecule has 0 amide bonds. The molecule has 0 spiro atoms. The lowest BCUT2D eigenvalue weighted by Gasteiger charge is -2.27. The molecule has 0 heterocycles. The highest BCUT2D eigenvalue weighted by Gasteiger charge is 2.21. The molecule has 0 aliphatic carbocycles. The minimum atomic E-state index is -0.723. The van der Waals surface area contributed by atoms with Gasteiger partial charge in [-0.1, -0.05) is 13.8 Å². The molecule has 4 heteroatoms. The van der Waals surface area contributed by atoms with Crippen LogP contribution < -0.4 is 5.32 Å². The quantitative estimate of drug-likeness (QED) is 0.620. The molecule has 2 atom stereocenters. The Kier molecular flexibility index (Phi) is 7.37. The highest BCUT2D eigenvalue weighted by Crippen LogP contribution is 2.15. The standard InChI is InChI=1S/C14H31NO3/c1-11(2)7-14(6,17)10-15-8-12(16)9-18-13(3,4)5/h11-12,15-17H,7-10H2,1-6H3. The molecule has 18 heavy (non-hydrogen) atoms. The molecule has 0 saturated heterocycles. The van der Waals surface area contributed by atoms with Crippen LogP contribution in [0.5, 0.6) is 0 Å². The number of hydrogen-bond donors (Lipinski definition) is 3. The molecule has 0 fully saturated rings. The molecule has 0 aromatic carbocycles. The zero-order chi connectivity index (χ0) is 14.4. The molecule has 0 aliphatic rings. The first-order valence-electron chi connectivity index (χ1n) is 6.77. The normalized spacial score (nSPS) is 17.8. The average molecular weight is 261 g/mol. The van der Waals surface area contributed by atoms with Crippen molar-refractivity contribution in [2.75, 3.05) is 19.7 Å². The maximum absolute atomic E-state index is 10.1. The predicted octanol–water partition coefficient (Wildman–Crippen LogP) is 1.55. The fourth-order valence-electron chi connectivity index (χ4n) is 1.86. The summed E-state index contributed by atoms with van der Waals surface area (Å²) in [6.07, 6.45) is 0.202. The van der Waals surface area contributed by atoms with Crippen molar-refractivity contribution in [3.63, 3.8) is 0 Å². The summed E-state index contributed by atoms with van der Waals surface area (Å²) in [4.78, 5) is 0. The third kappa shape index (κ3) is 11.0. The molecule has 0 aliphatic heterocycles. The number of rotatable bonds is 8. The average Bonchev–Trinajstić information content (AvgIpc) is 2.11. The lowest BCUT2D eigenvalue weighted by atomic mass is 9.94. The van der Waals surface area contributed by atoms with E-state index < -0.39 is 11.7 Å². The lowest BCUT2D eigenvalue weighted by molar-refractivity contribution is -0.0494. The van der Waals surface area contributed by atoms with Gasteiger partial charge in [-0.2, -0.15) is 0 Å². The molecule has 0 rings (SSSR count). The largest absolute Gasteiger partial charge is 0.389 e. The van der Waals surface area contributed by atoms with Gasteiger partial charge in [-0.3, -0.25) is 0 Å². The van der Waals surface area contributed by atoms with E-state index in [1.165, 1.54) is 0 Å². The first-order chi connectivity index (χ1) is 8.02. The van der Waals surface area contributed by atoms with Gasteiger partial charge in [0, 0.05) is 13.1 Å². The molecule has 0 saturated carbocycles. The smallest absolute Gasteiger partial charge is 0.0897 e. The minimum Gasteiger partial charge on any atom is -0.389 e. The molecule has 4 nitrogen and oxygen atoms in total. The van der Waals surface area contributed by atoms with Gasteiger partial charge in [0.15, 0.2) is 0 Å². The highest BCUT2D eigenvalue weighted by atomic mass is 16.5. The van der Waals surface area contributed by atoms with Gasteiger partial charge >= 0.3 is 0 Å². The van der Waals surface area contributed by atoms with E-state index in [0.29, 0.717) is 25.6 Å². The number of nitrogens with one attached hydrogen (secondary N) is 1. The maximum Gasteiger partial charge on any atom is 0.0897 e. The number of ether oxygens (including phenoxy) is 1. The van der Waals surface area contributed by atoms with E-state index in [1.807, 2.05) is 27.7 Å². The fraction of sp³-hybridized carbons (Fsp3) is 1.00. The van der Waals surface area contributed by atoms with Crippen LogP contribution in [0.2, 0.25) is 0 Å². The van der Waals surface area contributed by atoms with Crippen LogP contribution in [0.25, 0.3) is 0 Å². The van der Waals surface area contributed by atoms with Gasteiger partial charge in [0.2, 0.25) is 0 Å². The van der Waals surface area contributed by atoms with Gasteiger partial charge in [-0.25, -0.2) is 0 Å². The Labute approximate surface area is 112 Å². The molecule has 0 aromatic heterocycles. The van der Waals surface area contributed by atoms with E-state index in [2.05, 4.69) is 19.2 Å². The van der Waals surface area contributed by atoms with Crippen LogP contribution in [0.15, 0.2) is 0 Å². The Hall–Kier alpha value is -0.160. The second kappa shape index (κ2) is 7.43. The third-order valence-electron chi connectivity index (χ3n) is 2.44. The summed E-state index contributed by atoms with van der Waals surface area (Å²) in [5.41, 5.74) is -0.955. The zero-order valence-electron chi connectivity index (χ0n) is 12.8. The Morgan fingerprint density at radius 3 is 2.17 bits per heavy atom. The Morgan fingerprint density at radius 1 is 1.17 bits per heavy atom. The van der Waals surface area contributed by atoms with Crippen molar-refractivity contribution in [3.8, 4) is 0 Å². The van der Waals surface area contributed by atoms with Gasteiger partial charge < -0.3 is 20.3 Å². The van der Waals surface area contributed by atoms with E-state index in [-0.39, 0.29) is 5.60 Å². The van der Waals surface area contributed by atoms with Crippen LogP contribution in [0, 0.1) is 5.92 Å². The molecule has 3 N–H and O–H groups in total. The van der Waals surface area contributed by atoms with Gasteiger partial charge in [-0.15, -0.1) is 0 Å². The van der Waals surface area contributed by atoms with Crippen molar-refractivity contribution in [2.24, 2.45) is 5.92 Å². The summed E-state index contributed by atoms with van der Waals surface area (Å²) in [7, 11) is 0. The van der Waals surface area contributed by atoms with Crippen LogP contribution in [0.1, 0.15) is 48.0 Å². The number of aliphatic hydroxyl groups excluding tert-OH is 1. The van der Waals surface area contributed by atoms with Crippen LogP contribution in [0.4, 0.5) is 0 Å². The Balaban J connectivity index is 3.77. The first-order valence-corrected chi connectivity index (χ1v) is 6.77. The maximum atomic E-state index is 10.1. The van der Waals surface area contributed by atoms with Crippen molar-refractivity contribution in [1.29, 1.82) is 0 Å². The number of aliphatic hydroxyl groups is 2. The summed E-state index contributed by atoms with van der Waals surface area (Å²) >= 11 is 0. The van der Waals surface area contributed by atoms with Crippen molar-refractivity contribution in [2.45, 2.75) is 65.3 Å². The topological polar surface area (TPSA) is 61.7 Å². The molecular weight excluding hydrogens is 230 g/mol. The molecular formula is C14H31NO3. The third-order valence-corrected chi connectivity index (χ3v) is 2.44. The van der Waals surface area contributed by atoms with Gasteiger partial charge in [-0.05, 0) is 40.0 Å². The minimum absolute atomic E-state index is 0.232. The van der Waals surface area contributed by atoms with Crippen molar-refractivity contribution >= 4 is 0 Å². The van der Waals surface area contributed by atoms with Crippen LogP contribution >= 0.6 is 0 Å². The van der Waals surface area contributed by atoms with E-state index in [1.54, 1.807) is 0 Å². The summed E-state index contributed by atoms with van der Waals surface area (Å²) in [6.45, 7) is 13.1. The zero-order valence-corrected chi connectivity index (χ0v) is 12.8. The second-order valence-electron chi connectivity index (χ2n) is 6.80.